The van der Waals surface area contributed by atoms with E-state index < -0.39 is 0 Å². The number of aromatic nitrogens is 2. The molecule has 0 atom stereocenters. The first-order valence-corrected chi connectivity index (χ1v) is 11.9. The fourth-order valence-corrected chi connectivity index (χ4v) is 5.23. The Hall–Kier alpha value is -2.19. The molecule has 0 bridgehead atoms. The highest BCUT2D eigenvalue weighted by molar-refractivity contribution is 7.15. The van der Waals surface area contributed by atoms with Crippen molar-refractivity contribution >= 4 is 28.2 Å². The summed E-state index contributed by atoms with van der Waals surface area (Å²) in [6.07, 6.45) is 8.25. The van der Waals surface area contributed by atoms with Crippen LogP contribution in [-0.4, -0.2) is 41.0 Å². The monoisotopic (exact) mass is 429 g/mol. The summed E-state index contributed by atoms with van der Waals surface area (Å²) >= 11 is 1.49. The highest BCUT2D eigenvalue weighted by Gasteiger charge is 2.20. The SMILES string of the molecule is O=C(NCc1ccc(N2CCC(CO)CC2)cc1)Nc1nnc(C2CCCCC2)s1. The van der Waals surface area contributed by atoms with Crippen LogP contribution in [0.2, 0.25) is 0 Å². The molecule has 30 heavy (non-hydrogen) atoms. The Morgan fingerprint density at radius 2 is 1.80 bits per heavy atom. The number of aliphatic hydroxyl groups excluding tert-OH is 1. The van der Waals surface area contributed by atoms with Gasteiger partial charge in [0.2, 0.25) is 5.13 Å². The van der Waals surface area contributed by atoms with Crippen LogP contribution in [0, 0.1) is 5.92 Å². The van der Waals surface area contributed by atoms with Crippen molar-refractivity contribution in [3.63, 3.8) is 0 Å². The van der Waals surface area contributed by atoms with Crippen molar-refractivity contribution in [3.8, 4) is 0 Å². The van der Waals surface area contributed by atoms with Crippen LogP contribution in [-0.2, 0) is 6.54 Å². The summed E-state index contributed by atoms with van der Waals surface area (Å²) in [5, 5.41) is 25.0. The molecule has 2 aromatic rings. The minimum atomic E-state index is -0.253. The zero-order chi connectivity index (χ0) is 20.8. The van der Waals surface area contributed by atoms with E-state index in [9.17, 15) is 9.90 Å². The van der Waals surface area contributed by atoms with Crippen molar-refractivity contribution in [2.45, 2.75) is 57.4 Å². The van der Waals surface area contributed by atoms with Gasteiger partial charge in [-0.15, -0.1) is 10.2 Å². The fraction of sp³-hybridized carbons (Fsp3) is 0.591. The number of aliphatic hydroxyl groups is 1. The number of hydrogen-bond acceptors (Lipinski definition) is 6. The van der Waals surface area contributed by atoms with Crippen LogP contribution in [0.15, 0.2) is 24.3 Å². The molecule has 2 amide bonds. The Balaban J connectivity index is 1.23. The fourth-order valence-electron chi connectivity index (χ4n) is 4.32. The van der Waals surface area contributed by atoms with Crippen LogP contribution in [0.25, 0.3) is 0 Å². The summed E-state index contributed by atoms with van der Waals surface area (Å²) in [6, 6.07) is 8.07. The van der Waals surface area contributed by atoms with Crippen LogP contribution >= 0.6 is 11.3 Å². The van der Waals surface area contributed by atoms with Gasteiger partial charge in [-0.05, 0) is 49.3 Å². The smallest absolute Gasteiger partial charge is 0.321 e. The van der Waals surface area contributed by atoms with Crippen molar-refractivity contribution in [2.75, 3.05) is 29.9 Å². The predicted octanol–water partition coefficient (Wildman–Crippen LogP) is 4.12. The lowest BCUT2D eigenvalue weighted by Gasteiger charge is -2.33. The van der Waals surface area contributed by atoms with Crippen LogP contribution < -0.4 is 15.5 Å². The van der Waals surface area contributed by atoms with Crippen molar-refractivity contribution in [3.05, 3.63) is 34.8 Å². The largest absolute Gasteiger partial charge is 0.396 e. The molecule has 1 aromatic carbocycles. The Morgan fingerprint density at radius 3 is 2.50 bits per heavy atom. The van der Waals surface area contributed by atoms with Gasteiger partial charge in [-0.3, -0.25) is 5.32 Å². The highest BCUT2D eigenvalue weighted by atomic mass is 32.1. The second-order valence-electron chi connectivity index (χ2n) is 8.37. The molecule has 1 saturated carbocycles. The normalized spacial score (nSPS) is 18.4. The predicted molar refractivity (Wildman–Crippen MR) is 120 cm³/mol. The van der Waals surface area contributed by atoms with Gasteiger partial charge in [0.1, 0.15) is 5.01 Å². The maximum atomic E-state index is 12.2. The van der Waals surface area contributed by atoms with E-state index in [2.05, 4.69) is 50.0 Å². The number of carbonyl (C=O) groups excluding carboxylic acids is 1. The van der Waals surface area contributed by atoms with E-state index in [4.69, 9.17) is 0 Å². The van der Waals surface area contributed by atoms with Gasteiger partial charge in [0, 0.05) is 37.8 Å². The topological polar surface area (TPSA) is 90.4 Å². The van der Waals surface area contributed by atoms with E-state index in [0.717, 1.165) is 36.5 Å². The molecule has 1 aromatic heterocycles. The molecule has 1 aliphatic carbocycles. The molecule has 2 heterocycles. The van der Waals surface area contributed by atoms with E-state index >= 15 is 0 Å². The third kappa shape index (κ3) is 5.49. The molecule has 0 spiro atoms. The zero-order valence-corrected chi connectivity index (χ0v) is 18.2. The molecule has 1 saturated heterocycles. The number of urea groups is 1. The molecule has 4 rings (SSSR count). The molecule has 0 unspecified atom stereocenters. The van der Waals surface area contributed by atoms with Gasteiger partial charge in [0.15, 0.2) is 0 Å². The van der Waals surface area contributed by atoms with E-state index in [0.29, 0.717) is 30.1 Å². The van der Waals surface area contributed by atoms with Crippen LogP contribution in [0.5, 0.6) is 0 Å². The number of nitrogens with one attached hydrogen (secondary N) is 2. The quantitative estimate of drug-likeness (QED) is 0.643. The van der Waals surface area contributed by atoms with E-state index in [1.54, 1.807) is 0 Å². The summed E-state index contributed by atoms with van der Waals surface area (Å²) in [7, 11) is 0. The molecule has 7 nitrogen and oxygen atoms in total. The maximum absolute atomic E-state index is 12.2. The number of rotatable bonds is 6. The number of anilines is 2. The summed E-state index contributed by atoms with van der Waals surface area (Å²) < 4.78 is 0. The molecule has 8 heteroatoms. The molecule has 162 valence electrons. The molecule has 2 aliphatic rings. The van der Waals surface area contributed by atoms with Crippen molar-refractivity contribution in [1.29, 1.82) is 0 Å². The first-order chi connectivity index (χ1) is 14.7. The van der Waals surface area contributed by atoms with Crippen molar-refractivity contribution in [1.82, 2.24) is 15.5 Å². The number of piperidine rings is 1. The lowest BCUT2D eigenvalue weighted by Crippen LogP contribution is -2.34. The standard InChI is InChI=1S/C22H31N5O2S/c28-15-17-10-12-27(13-11-17)19-8-6-16(7-9-19)14-23-21(29)24-22-26-25-20(30-22)18-4-2-1-3-5-18/h6-9,17-18,28H,1-5,10-15H2,(H2,23,24,26,29). The Kier molecular flexibility index (Phi) is 7.17. The third-order valence-electron chi connectivity index (χ3n) is 6.24. The molecule has 3 N–H and O–H groups in total. The van der Waals surface area contributed by atoms with Gasteiger partial charge in [-0.25, -0.2) is 4.79 Å². The third-order valence-corrected chi connectivity index (χ3v) is 7.24. The van der Waals surface area contributed by atoms with Crippen LogP contribution in [0.4, 0.5) is 15.6 Å². The Labute approximate surface area is 181 Å². The van der Waals surface area contributed by atoms with E-state index in [1.807, 2.05) is 0 Å². The second kappa shape index (κ2) is 10.2. The first kappa shape index (κ1) is 21.1. The van der Waals surface area contributed by atoms with Crippen LogP contribution in [0.3, 0.4) is 0 Å². The van der Waals surface area contributed by atoms with Gasteiger partial charge < -0.3 is 15.3 Å². The average molecular weight is 430 g/mol. The number of nitrogens with zero attached hydrogens (tertiary/aromatic N) is 3. The second-order valence-corrected chi connectivity index (χ2v) is 9.38. The van der Waals surface area contributed by atoms with Gasteiger partial charge in [0.05, 0.1) is 0 Å². The summed E-state index contributed by atoms with van der Waals surface area (Å²) in [5.74, 6) is 0.942. The first-order valence-electron chi connectivity index (χ1n) is 11.0. The zero-order valence-electron chi connectivity index (χ0n) is 17.3. The molecular formula is C22H31N5O2S. The number of amides is 2. The Morgan fingerprint density at radius 1 is 1.07 bits per heavy atom. The van der Waals surface area contributed by atoms with Crippen molar-refractivity contribution in [2.24, 2.45) is 5.92 Å². The lowest BCUT2D eigenvalue weighted by atomic mass is 9.90. The number of benzene rings is 1. The van der Waals surface area contributed by atoms with E-state index in [-0.39, 0.29) is 6.03 Å². The van der Waals surface area contributed by atoms with Crippen LogP contribution in [0.1, 0.15) is 61.4 Å². The van der Waals surface area contributed by atoms with E-state index in [1.165, 1.54) is 49.1 Å². The van der Waals surface area contributed by atoms with Gasteiger partial charge in [-0.1, -0.05) is 42.7 Å². The lowest BCUT2D eigenvalue weighted by molar-refractivity contribution is 0.203. The van der Waals surface area contributed by atoms with Gasteiger partial charge in [0.25, 0.3) is 0 Å². The number of carbonyl (C=O) groups is 1. The van der Waals surface area contributed by atoms with Gasteiger partial charge >= 0.3 is 6.03 Å². The average Bonchev–Trinajstić information content (AvgIpc) is 3.27. The molecule has 2 fully saturated rings. The summed E-state index contributed by atoms with van der Waals surface area (Å²) in [5.41, 5.74) is 2.25. The molecule has 1 aliphatic heterocycles. The van der Waals surface area contributed by atoms with Gasteiger partial charge in [-0.2, -0.15) is 0 Å². The minimum Gasteiger partial charge on any atom is -0.396 e. The molecule has 0 radical (unpaired) electrons. The molecular weight excluding hydrogens is 398 g/mol. The maximum Gasteiger partial charge on any atom is 0.321 e. The number of hydrogen-bond donors (Lipinski definition) is 3. The van der Waals surface area contributed by atoms with Crippen molar-refractivity contribution < 1.29 is 9.90 Å². The summed E-state index contributed by atoms with van der Waals surface area (Å²) in [4.78, 5) is 14.6. The highest BCUT2D eigenvalue weighted by Crippen LogP contribution is 2.35. The Bertz CT molecular complexity index is 811. The minimum absolute atomic E-state index is 0.253. The summed E-state index contributed by atoms with van der Waals surface area (Å²) in [6.45, 7) is 2.72.